The second-order valence-corrected chi connectivity index (χ2v) is 5.25. The summed E-state index contributed by atoms with van der Waals surface area (Å²) >= 11 is 0. The Bertz CT molecular complexity index is 180. The van der Waals surface area contributed by atoms with Crippen molar-refractivity contribution in [2.24, 2.45) is 17.8 Å². The van der Waals surface area contributed by atoms with Gasteiger partial charge in [-0.3, -0.25) is 0 Å². The minimum atomic E-state index is 0.889. The maximum absolute atomic E-state index is 2.51. The van der Waals surface area contributed by atoms with Gasteiger partial charge in [0, 0.05) is 0 Å². The number of rotatable bonds is 6. The van der Waals surface area contributed by atoms with E-state index in [9.17, 15) is 0 Å². The van der Waals surface area contributed by atoms with Gasteiger partial charge in [-0.05, 0) is 37.0 Å². The lowest BCUT2D eigenvalue weighted by Gasteiger charge is -2.33. The van der Waals surface area contributed by atoms with Crippen LogP contribution in [0.5, 0.6) is 0 Å². The summed E-state index contributed by atoms with van der Waals surface area (Å²) in [5, 5.41) is 0. The van der Waals surface area contributed by atoms with Crippen molar-refractivity contribution in [3.8, 4) is 0 Å². The maximum atomic E-state index is 2.51. The highest BCUT2D eigenvalue weighted by atomic mass is 14.3. The summed E-state index contributed by atoms with van der Waals surface area (Å²) in [6.45, 7) is 7.06. The van der Waals surface area contributed by atoms with Crippen molar-refractivity contribution >= 4 is 0 Å². The van der Waals surface area contributed by atoms with Crippen molar-refractivity contribution < 1.29 is 0 Å². The molecule has 3 atom stereocenters. The Morgan fingerprint density at radius 2 is 1.87 bits per heavy atom. The summed E-state index contributed by atoms with van der Waals surface area (Å²) in [4.78, 5) is 0. The van der Waals surface area contributed by atoms with Crippen molar-refractivity contribution in [2.75, 3.05) is 0 Å². The highest BCUT2D eigenvalue weighted by Gasteiger charge is 2.25. The summed E-state index contributed by atoms with van der Waals surface area (Å²) in [6.07, 6.45) is 14.7. The van der Waals surface area contributed by atoms with Gasteiger partial charge in [0.2, 0.25) is 0 Å². The summed E-state index contributed by atoms with van der Waals surface area (Å²) in [7, 11) is 0. The van der Waals surface area contributed by atoms with Crippen LogP contribution in [0.25, 0.3) is 0 Å². The quantitative estimate of drug-likeness (QED) is 0.416. The van der Waals surface area contributed by atoms with Gasteiger partial charge in [-0.15, -0.1) is 0 Å². The molecule has 0 aromatic heterocycles. The van der Waals surface area contributed by atoms with E-state index in [1.54, 1.807) is 0 Å². The minimum Gasteiger partial charge on any atom is -0.0880 e. The lowest BCUT2D eigenvalue weighted by molar-refractivity contribution is 0.232. The smallest absolute Gasteiger partial charge is 0.0202 e. The van der Waals surface area contributed by atoms with E-state index >= 15 is 0 Å². The first-order valence-corrected chi connectivity index (χ1v) is 6.96. The Balaban J connectivity index is 2.42. The molecule has 0 N–H and O–H groups in total. The SMILES string of the molecule is CCCCCC1C=CCC(C)C1CCC. The molecule has 3 unspecified atom stereocenters. The van der Waals surface area contributed by atoms with E-state index in [1.807, 2.05) is 0 Å². The second kappa shape index (κ2) is 7.09. The fraction of sp³-hybridized carbons (Fsp3) is 0.867. The predicted molar refractivity (Wildman–Crippen MR) is 69.0 cm³/mol. The molecule has 0 radical (unpaired) electrons. The van der Waals surface area contributed by atoms with Crippen molar-refractivity contribution in [1.82, 2.24) is 0 Å². The van der Waals surface area contributed by atoms with Crippen LogP contribution in [0.2, 0.25) is 0 Å². The van der Waals surface area contributed by atoms with Crippen molar-refractivity contribution in [1.29, 1.82) is 0 Å². The number of allylic oxidation sites excluding steroid dienone is 2. The van der Waals surface area contributed by atoms with Crippen LogP contribution in [0.1, 0.15) is 65.7 Å². The van der Waals surface area contributed by atoms with Gasteiger partial charge in [0.15, 0.2) is 0 Å². The van der Waals surface area contributed by atoms with Crippen molar-refractivity contribution in [3.05, 3.63) is 12.2 Å². The topological polar surface area (TPSA) is 0 Å². The molecule has 0 bridgehead atoms. The molecule has 0 spiro atoms. The monoisotopic (exact) mass is 208 g/mol. The van der Waals surface area contributed by atoms with E-state index in [0.717, 1.165) is 17.8 Å². The van der Waals surface area contributed by atoms with Crippen LogP contribution in [-0.4, -0.2) is 0 Å². The van der Waals surface area contributed by atoms with Gasteiger partial charge in [0.05, 0.1) is 0 Å². The van der Waals surface area contributed by atoms with Gasteiger partial charge >= 0.3 is 0 Å². The Hall–Kier alpha value is -0.260. The number of unbranched alkanes of at least 4 members (excludes halogenated alkanes) is 2. The van der Waals surface area contributed by atoms with Crippen LogP contribution in [0, 0.1) is 17.8 Å². The van der Waals surface area contributed by atoms with E-state index in [1.165, 1.54) is 44.9 Å². The Labute approximate surface area is 96.2 Å². The molecule has 0 heteroatoms. The molecule has 88 valence electrons. The molecule has 15 heavy (non-hydrogen) atoms. The second-order valence-electron chi connectivity index (χ2n) is 5.25. The first-order valence-electron chi connectivity index (χ1n) is 6.96. The van der Waals surface area contributed by atoms with E-state index in [-0.39, 0.29) is 0 Å². The maximum Gasteiger partial charge on any atom is -0.0202 e. The van der Waals surface area contributed by atoms with Crippen molar-refractivity contribution in [3.63, 3.8) is 0 Å². The fourth-order valence-corrected chi connectivity index (χ4v) is 2.98. The molecule has 1 aliphatic carbocycles. The summed E-state index contributed by atoms with van der Waals surface area (Å²) in [5.74, 6) is 2.78. The summed E-state index contributed by atoms with van der Waals surface area (Å²) < 4.78 is 0. The Kier molecular flexibility index (Phi) is 6.05. The Morgan fingerprint density at radius 1 is 1.07 bits per heavy atom. The van der Waals surface area contributed by atoms with Gasteiger partial charge in [-0.2, -0.15) is 0 Å². The highest BCUT2D eigenvalue weighted by molar-refractivity contribution is 4.99. The third-order valence-corrected chi connectivity index (χ3v) is 3.94. The zero-order valence-corrected chi connectivity index (χ0v) is 10.8. The third-order valence-electron chi connectivity index (χ3n) is 3.94. The van der Waals surface area contributed by atoms with Crippen LogP contribution >= 0.6 is 0 Å². The lowest BCUT2D eigenvalue weighted by atomic mass is 9.72. The van der Waals surface area contributed by atoms with Crippen molar-refractivity contribution in [2.45, 2.75) is 65.7 Å². The third kappa shape index (κ3) is 4.01. The first kappa shape index (κ1) is 12.8. The van der Waals surface area contributed by atoms with Crippen LogP contribution in [0.3, 0.4) is 0 Å². The molecular weight excluding hydrogens is 180 g/mol. The van der Waals surface area contributed by atoms with Gasteiger partial charge in [-0.1, -0.05) is 58.6 Å². The largest absolute Gasteiger partial charge is 0.0880 e. The summed E-state index contributed by atoms with van der Waals surface area (Å²) in [5.41, 5.74) is 0. The molecule has 0 saturated carbocycles. The molecule has 0 amide bonds. The molecule has 1 aliphatic rings. The van der Waals surface area contributed by atoms with E-state index in [0.29, 0.717) is 0 Å². The van der Waals surface area contributed by atoms with Gasteiger partial charge in [0.25, 0.3) is 0 Å². The average molecular weight is 208 g/mol. The lowest BCUT2D eigenvalue weighted by Crippen LogP contribution is -2.23. The van der Waals surface area contributed by atoms with Crippen LogP contribution in [0.4, 0.5) is 0 Å². The van der Waals surface area contributed by atoms with Gasteiger partial charge < -0.3 is 0 Å². The molecular formula is C15H28. The normalized spacial score (nSPS) is 30.7. The van der Waals surface area contributed by atoms with Gasteiger partial charge in [0.1, 0.15) is 0 Å². The fourth-order valence-electron chi connectivity index (χ4n) is 2.98. The number of hydrogen-bond acceptors (Lipinski definition) is 0. The average Bonchev–Trinajstić information content (AvgIpc) is 2.23. The molecule has 0 fully saturated rings. The van der Waals surface area contributed by atoms with Gasteiger partial charge in [-0.25, -0.2) is 0 Å². The molecule has 0 aromatic carbocycles. The molecule has 0 saturated heterocycles. The van der Waals surface area contributed by atoms with E-state index in [2.05, 4.69) is 32.9 Å². The molecule has 0 heterocycles. The first-order chi connectivity index (χ1) is 7.29. The minimum absolute atomic E-state index is 0.889. The number of hydrogen-bond donors (Lipinski definition) is 0. The molecule has 0 aliphatic heterocycles. The Morgan fingerprint density at radius 3 is 2.53 bits per heavy atom. The highest BCUT2D eigenvalue weighted by Crippen LogP contribution is 2.36. The standard InChI is InChI=1S/C15H28/c1-4-6-7-11-14-12-8-10-13(3)15(14)9-5-2/h8,12-15H,4-7,9-11H2,1-3H3. The zero-order valence-electron chi connectivity index (χ0n) is 10.8. The van der Waals surface area contributed by atoms with Crippen LogP contribution < -0.4 is 0 Å². The zero-order chi connectivity index (χ0) is 11.1. The molecule has 1 rings (SSSR count). The van der Waals surface area contributed by atoms with E-state index < -0.39 is 0 Å². The molecule has 0 aromatic rings. The summed E-state index contributed by atoms with van der Waals surface area (Å²) in [6, 6.07) is 0. The van der Waals surface area contributed by atoms with Crippen LogP contribution in [-0.2, 0) is 0 Å². The molecule has 0 nitrogen and oxygen atoms in total. The predicted octanol–water partition coefficient (Wildman–Crippen LogP) is 5.20. The van der Waals surface area contributed by atoms with Crippen LogP contribution in [0.15, 0.2) is 12.2 Å². The van der Waals surface area contributed by atoms with E-state index in [4.69, 9.17) is 0 Å².